The number of rotatable bonds is 5. The Balaban J connectivity index is 2.32. The number of hydrogen-bond donors (Lipinski definition) is 0. The van der Waals surface area contributed by atoms with E-state index in [0.29, 0.717) is 11.4 Å². The fourth-order valence-corrected chi connectivity index (χ4v) is 3.00. The van der Waals surface area contributed by atoms with Gasteiger partial charge >= 0.3 is 11.7 Å². The smallest absolute Gasteiger partial charge is 0.341 e. The van der Waals surface area contributed by atoms with Gasteiger partial charge in [-0.25, -0.2) is 14.2 Å². The van der Waals surface area contributed by atoms with Gasteiger partial charge in [-0.15, -0.1) is 0 Å². The van der Waals surface area contributed by atoms with Crippen LogP contribution in [0.25, 0.3) is 17.5 Å². The van der Waals surface area contributed by atoms with Gasteiger partial charge in [-0.3, -0.25) is 9.36 Å². The van der Waals surface area contributed by atoms with Crippen LogP contribution in [0.3, 0.4) is 0 Å². The molecule has 0 radical (unpaired) electrons. The van der Waals surface area contributed by atoms with E-state index in [2.05, 4.69) is 0 Å². The third-order valence-electron chi connectivity index (χ3n) is 3.94. The molecule has 0 unspecified atom stereocenters. The molecule has 0 spiro atoms. The second-order valence-corrected chi connectivity index (χ2v) is 6.08. The van der Waals surface area contributed by atoms with Gasteiger partial charge in [0.25, 0.3) is 5.56 Å². The first kappa shape index (κ1) is 19.4. The standard InChI is InChI=1S/C21H17ClN2O4/c1-2-28-18(25)14-13-17-19(22)23(15-9-5-3-6-10-15)21(27)24(20(17)26)16-11-7-4-8-12-16/h3-14H,2H2,1H3/b14-13+. The minimum atomic E-state index is -0.631. The summed E-state index contributed by atoms with van der Waals surface area (Å²) in [5.41, 5.74) is -0.353. The maximum Gasteiger partial charge on any atom is 0.341 e. The van der Waals surface area contributed by atoms with Crippen LogP contribution in [-0.2, 0) is 9.53 Å². The second-order valence-electron chi connectivity index (χ2n) is 5.72. The van der Waals surface area contributed by atoms with Crippen LogP contribution in [0.4, 0.5) is 0 Å². The quantitative estimate of drug-likeness (QED) is 0.377. The summed E-state index contributed by atoms with van der Waals surface area (Å²) in [7, 11) is 0. The molecular formula is C21H17ClN2O4. The molecule has 0 saturated carbocycles. The van der Waals surface area contributed by atoms with E-state index in [9.17, 15) is 14.4 Å². The number of carbonyl (C=O) groups excluding carboxylic acids is 1. The van der Waals surface area contributed by atoms with E-state index in [1.54, 1.807) is 67.6 Å². The highest BCUT2D eigenvalue weighted by molar-refractivity contribution is 6.31. The number of halogens is 1. The Hall–Kier alpha value is -3.38. The van der Waals surface area contributed by atoms with Gasteiger partial charge in [-0.2, -0.15) is 0 Å². The van der Waals surface area contributed by atoms with Crippen molar-refractivity contribution in [2.24, 2.45) is 0 Å². The van der Waals surface area contributed by atoms with E-state index in [0.717, 1.165) is 10.6 Å². The number of hydrogen-bond acceptors (Lipinski definition) is 4. The van der Waals surface area contributed by atoms with E-state index < -0.39 is 17.2 Å². The molecule has 1 aromatic heterocycles. The summed E-state index contributed by atoms with van der Waals surface area (Å²) in [5.74, 6) is -0.610. The molecule has 0 bridgehead atoms. The van der Waals surface area contributed by atoms with Crippen molar-refractivity contribution in [3.05, 3.63) is 98.3 Å². The lowest BCUT2D eigenvalue weighted by atomic mass is 10.2. The Kier molecular flexibility index (Phi) is 5.91. The highest BCUT2D eigenvalue weighted by Gasteiger charge is 2.18. The average Bonchev–Trinajstić information content (AvgIpc) is 2.70. The molecule has 0 amide bonds. The SMILES string of the molecule is CCOC(=O)/C=C/c1c(Cl)n(-c2ccccc2)c(=O)n(-c2ccccc2)c1=O. The zero-order valence-corrected chi connectivity index (χ0v) is 15.8. The Morgan fingerprint density at radius 2 is 1.50 bits per heavy atom. The normalized spacial score (nSPS) is 10.9. The first-order valence-electron chi connectivity index (χ1n) is 8.57. The van der Waals surface area contributed by atoms with Crippen LogP contribution < -0.4 is 11.2 Å². The molecule has 1 heterocycles. The van der Waals surface area contributed by atoms with E-state index in [1.165, 1.54) is 10.6 Å². The number of nitrogens with zero attached hydrogens (tertiary/aromatic N) is 2. The van der Waals surface area contributed by atoms with Crippen molar-refractivity contribution in [1.29, 1.82) is 0 Å². The maximum atomic E-state index is 13.1. The highest BCUT2D eigenvalue weighted by Crippen LogP contribution is 2.18. The largest absolute Gasteiger partial charge is 0.463 e. The molecule has 7 heteroatoms. The van der Waals surface area contributed by atoms with Gasteiger partial charge in [0.1, 0.15) is 5.15 Å². The first-order chi connectivity index (χ1) is 13.5. The van der Waals surface area contributed by atoms with Crippen molar-refractivity contribution >= 4 is 23.6 Å². The van der Waals surface area contributed by atoms with Gasteiger partial charge in [0.2, 0.25) is 0 Å². The Morgan fingerprint density at radius 3 is 2.04 bits per heavy atom. The lowest BCUT2D eigenvalue weighted by Gasteiger charge is -2.14. The number of benzene rings is 2. The number of esters is 1. The number of ether oxygens (including phenoxy) is 1. The zero-order valence-electron chi connectivity index (χ0n) is 15.0. The van der Waals surface area contributed by atoms with Gasteiger partial charge in [0.05, 0.1) is 23.5 Å². The van der Waals surface area contributed by atoms with Crippen LogP contribution in [0.5, 0.6) is 0 Å². The van der Waals surface area contributed by atoms with E-state index in [1.807, 2.05) is 0 Å². The van der Waals surface area contributed by atoms with E-state index in [4.69, 9.17) is 16.3 Å². The Labute approximate surface area is 165 Å². The molecule has 142 valence electrons. The molecule has 0 atom stereocenters. The van der Waals surface area contributed by atoms with Crippen LogP contribution in [0.1, 0.15) is 12.5 Å². The van der Waals surface area contributed by atoms with Crippen LogP contribution in [-0.4, -0.2) is 21.7 Å². The first-order valence-corrected chi connectivity index (χ1v) is 8.95. The lowest BCUT2D eigenvalue weighted by Crippen LogP contribution is -2.39. The zero-order chi connectivity index (χ0) is 20.1. The topological polar surface area (TPSA) is 70.3 Å². The molecule has 2 aromatic carbocycles. The minimum absolute atomic E-state index is 0.00188. The third kappa shape index (κ3) is 3.82. The second kappa shape index (κ2) is 8.54. The summed E-state index contributed by atoms with van der Waals surface area (Å²) in [6, 6.07) is 17.2. The molecule has 28 heavy (non-hydrogen) atoms. The predicted octanol–water partition coefficient (Wildman–Crippen LogP) is 3.22. The van der Waals surface area contributed by atoms with Gasteiger partial charge in [0.15, 0.2) is 0 Å². The molecule has 0 aliphatic rings. The molecule has 6 nitrogen and oxygen atoms in total. The maximum absolute atomic E-state index is 13.1. The van der Waals surface area contributed by atoms with Crippen molar-refractivity contribution in [2.45, 2.75) is 6.92 Å². The average molecular weight is 397 g/mol. The molecule has 3 rings (SSSR count). The van der Waals surface area contributed by atoms with Gasteiger partial charge in [-0.1, -0.05) is 48.0 Å². The molecule has 0 aliphatic heterocycles. The molecule has 0 N–H and O–H groups in total. The number of aromatic nitrogens is 2. The molecular weight excluding hydrogens is 380 g/mol. The highest BCUT2D eigenvalue weighted by atomic mass is 35.5. The summed E-state index contributed by atoms with van der Waals surface area (Å²) >= 11 is 6.42. The van der Waals surface area contributed by atoms with Crippen molar-refractivity contribution in [3.63, 3.8) is 0 Å². The van der Waals surface area contributed by atoms with Crippen molar-refractivity contribution in [2.75, 3.05) is 6.61 Å². The lowest BCUT2D eigenvalue weighted by molar-refractivity contribution is -0.137. The molecule has 3 aromatic rings. The van der Waals surface area contributed by atoms with Gasteiger partial charge in [0, 0.05) is 6.08 Å². The summed E-state index contributed by atoms with van der Waals surface area (Å²) in [6.45, 7) is 1.88. The summed E-state index contributed by atoms with van der Waals surface area (Å²) < 4.78 is 7.09. The number of para-hydroxylation sites is 2. The summed E-state index contributed by atoms with van der Waals surface area (Å²) in [4.78, 5) is 37.8. The fourth-order valence-electron chi connectivity index (χ4n) is 2.69. The molecule has 0 fully saturated rings. The van der Waals surface area contributed by atoms with Crippen LogP contribution in [0, 0.1) is 0 Å². The Morgan fingerprint density at radius 1 is 0.964 bits per heavy atom. The van der Waals surface area contributed by atoms with Crippen molar-refractivity contribution in [1.82, 2.24) is 9.13 Å². The fraction of sp³-hybridized carbons (Fsp3) is 0.0952. The predicted molar refractivity (Wildman–Crippen MR) is 108 cm³/mol. The van der Waals surface area contributed by atoms with Gasteiger partial charge in [-0.05, 0) is 37.3 Å². The molecule has 0 aliphatic carbocycles. The number of carbonyl (C=O) groups is 1. The van der Waals surface area contributed by atoms with Crippen molar-refractivity contribution < 1.29 is 9.53 Å². The van der Waals surface area contributed by atoms with E-state index >= 15 is 0 Å². The van der Waals surface area contributed by atoms with Crippen LogP contribution >= 0.6 is 11.6 Å². The third-order valence-corrected chi connectivity index (χ3v) is 4.31. The van der Waals surface area contributed by atoms with Crippen molar-refractivity contribution in [3.8, 4) is 11.4 Å². The summed E-state index contributed by atoms with van der Waals surface area (Å²) in [5, 5.41) is -0.0890. The Bertz CT molecular complexity index is 1130. The van der Waals surface area contributed by atoms with Crippen LogP contribution in [0.15, 0.2) is 76.3 Å². The summed E-state index contributed by atoms with van der Waals surface area (Å²) in [6.07, 6.45) is 2.38. The van der Waals surface area contributed by atoms with Gasteiger partial charge < -0.3 is 4.74 Å². The monoisotopic (exact) mass is 396 g/mol. The van der Waals surface area contributed by atoms with Crippen LogP contribution in [0.2, 0.25) is 5.15 Å². The molecule has 0 saturated heterocycles. The minimum Gasteiger partial charge on any atom is -0.463 e. The van der Waals surface area contributed by atoms with E-state index in [-0.39, 0.29) is 17.3 Å².